The van der Waals surface area contributed by atoms with Crippen LogP contribution in [-0.4, -0.2) is 34.1 Å². The Kier molecular flexibility index (Phi) is 6.57. The molecule has 7 N–H and O–H groups in total. The molecule has 2 heterocycles. The zero-order valence-electron chi connectivity index (χ0n) is 19.6. The van der Waals surface area contributed by atoms with Crippen LogP contribution in [0.4, 0.5) is 29.0 Å². The molecule has 9 nitrogen and oxygen atoms in total. The maximum atomic E-state index is 6.39. The van der Waals surface area contributed by atoms with Gasteiger partial charge in [-0.15, -0.1) is 5.53 Å². The van der Waals surface area contributed by atoms with Gasteiger partial charge in [-0.05, 0) is 52.2 Å². The molecule has 0 saturated heterocycles. The van der Waals surface area contributed by atoms with Crippen molar-refractivity contribution in [2.75, 3.05) is 26.4 Å². The number of hydrogen-bond acceptors (Lipinski definition) is 9. The lowest BCUT2D eigenvalue weighted by molar-refractivity contribution is 0.402. The van der Waals surface area contributed by atoms with Crippen molar-refractivity contribution in [1.29, 1.82) is 0 Å². The van der Waals surface area contributed by atoms with Gasteiger partial charge >= 0.3 is 0 Å². The van der Waals surface area contributed by atoms with E-state index in [2.05, 4.69) is 53.9 Å². The van der Waals surface area contributed by atoms with E-state index in [-0.39, 0.29) is 24.2 Å². The largest absolute Gasteiger partial charge is 0.398 e. The lowest BCUT2D eigenvalue weighted by Crippen LogP contribution is -2.50. The van der Waals surface area contributed by atoms with Crippen molar-refractivity contribution >= 4 is 29.0 Å². The third-order valence-electron chi connectivity index (χ3n) is 6.22. The van der Waals surface area contributed by atoms with E-state index in [1.165, 1.54) is 12.8 Å². The highest BCUT2D eigenvalue weighted by molar-refractivity contribution is 5.83. The van der Waals surface area contributed by atoms with E-state index in [9.17, 15) is 0 Å². The molecule has 0 amide bonds. The Morgan fingerprint density at radius 2 is 1.78 bits per heavy atom. The molecule has 2 aromatic rings. The summed E-state index contributed by atoms with van der Waals surface area (Å²) in [5, 5.41) is 11.3. The third-order valence-corrected chi connectivity index (χ3v) is 6.22. The molecule has 0 radical (unpaired) electrons. The second-order valence-corrected chi connectivity index (χ2v) is 9.35. The fourth-order valence-corrected chi connectivity index (χ4v) is 4.35. The molecule has 1 aromatic heterocycles. The first kappa shape index (κ1) is 22.4. The van der Waals surface area contributed by atoms with Crippen LogP contribution in [0.3, 0.4) is 0 Å². The summed E-state index contributed by atoms with van der Waals surface area (Å²) in [6.07, 6.45) is 4.43. The molecule has 2 aliphatic rings. The van der Waals surface area contributed by atoms with Crippen LogP contribution in [0.15, 0.2) is 24.3 Å². The Bertz CT molecular complexity index is 930. The fourth-order valence-electron chi connectivity index (χ4n) is 4.35. The van der Waals surface area contributed by atoms with Gasteiger partial charge in [-0.2, -0.15) is 9.97 Å². The van der Waals surface area contributed by atoms with E-state index in [0.717, 1.165) is 41.4 Å². The fraction of sp³-hybridized carbons (Fsp3) is 0.565. The lowest BCUT2D eigenvalue weighted by Gasteiger charge is -2.29. The van der Waals surface area contributed by atoms with E-state index in [1.807, 2.05) is 24.3 Å². The van der Waals surface area contributed by atoms with Gasteiger partial charge < -0.3 is 22.1 Å². The van der Waals surface area contributed by atoms with Gasteiger partial charge in [0.05, 0.1) is 0 Å². The minimum Gasteiger partial charge on any atom is -0.398 e. The van der Waals surface area contributed by atoms with Crippen molar-refractivity contribution in [3.63, 3.8) is 0 Å². The summed E-state index contributed by atoms with van der Waals surface area (Å²) in [7, 11) is 0. The number of rotatable bonds is 7. The standard InChI is InChI=1S/C23H37N9/c1-14(2)31-20-21(26-13-16-9-5-6-10-17(16)24)28-23(27-19-12-8-7-11-18(19)25)29-22(20)32(30-31)15(3)4/h5-6,9-10,14-15,18-19,30H,7-8,11-13,24-25H2,1-4H3,(H2,26,27,28,29). The van der Waals surface area contributed by atoms with Crippen LogP contribution in [0.5, 0.6) is 0 Å². The van der Waals surface area contributed by atoms with Crippen LogP contribution in [0.1, 0.15) is 58.9 Å². The average Bonchev–Trinajstić information content (AvgIpc) is 3.15. The molecule has 32 heavy (non-hydrogen) atoms. The molecule has 4 rings (SSSR count). The summed E-state index contributed by atoms with van der Waals surface area (Å²) in [5.74, 6) is 2.24. The number of benzene rings is 1. The number of nitrogens with zero attached hydrogens (tertiary/aromatic N) is 4. The van der Waals surface area contributed by atoms with Crippen LogP contribution in [0.25, 0.3) is 0 Å². The number of nitrogen functional groups attached to an aromatic ring is 1. The van der Waals surface area contributed by atoms with Gasteiger partial charge in [-0.3, -0.25) is 10.0 Å². The van der Waals surface area contributed by atoms with Gasteiger partial charge in [0.15, 0.2) is 11.6 Å². The quantitative estimate of drug-likeness (QED) is 0.414. The SMILES string of the molecule is CC(C)N1NN(C(C)C)c2c(NCc3ccccc3N)nc(NC3CCCCC3N)nc21. The Morgan fingerprint density at radius 1 is 1.06 bits per heavy atom. The highest BCUT2D eigenvalue weighted by Crippen LogP contribution is 2.40. The Balaban J connectivity index is 1.70. The van der Waals surface area contributed by atoms with Gasteiger partial charge in [0.2, 0.25) is 5.95 Å². The van der Waals surface area contributed by atoms with Crippen molar-refractivity contribution in [2.45, 2.75) is 84.1 Å². The minimum absolute atomic E-state index is 0.118. The molecule has 2 unspecified atom stereocenters. The van der Waals surface area contributed by atoms with Crippen molar-refractivity contribution in [2.24, 2.45) is 5.73 Å². The van der Waals surface area contributed by atoms with Crippen molar-refractivity contribution in [3.8, 4) is 0 Å². The molecule has 1 aliphatic carbocycles. The van der Waals surface area contributed by atoms with E-state index in [0.29, 0.717) is 12.5 Å². The van der Waals surface area contributed by atoms with Gasteiger partial charge in [-0.1, -0.05) is 31.0 Å². The molecule has 0 bridgehead atoms. The molecular formula is C23H37N9. The van der Waals surface area contributed by atoms with Gasteiger partial charge in [0.25, 0.3) is 0 Å². The zero-order chi connectivity index (χ0) is 22.8. The number of aromatic nitrogens is 2. The summed E-state index contributed by atoms with van der Waals surface area (Å²) in [6.45, 7) is 9.15. The lowest BCUT2D eigenvalue weighted by atomic mass is 9.91. The van der Waals surface area contributed by atoms with Crippen LogP contribution in [-0.2, 0) is 6.54 Å². The summed E-state index contributed by atoms with van der Waals surface area (Å²) >= 11 is 0. The number of para-hydroxylation sites is 1. The second kappa shape index (κ2) is 9.38. The van der Waals surface area contributed by atoms with Crippen molar-refractivity contribution in [1.82, 2.24) is 15.5 Å². The molecule has 1 saturated carbocycles. The Labute approximate surface area is 190 Å². The monoisotopic (exact) mass is 439 g/mol. The predicted molar refractivity (Wildman–Crippen MR) is 132 cm³/mol. The number of hydrazine groups is 2. The zero-order valence-corrected chi connectivity index (χ0v) is 19.6. The van der Waals surface area contributed by atoms with Gasteiger partial charge in [-0.25, -0.2) is 0 Å². The second-order valence-electron chi connectivity index (χ2n) is 9.35. The van der Waals surface area contributed by atoms with Crippen LogP contribution in [0, 0.1) is 0 Å². The molecule has 1 fully saturated rings. The first-order valence-corrected chi connectivity index (χ1v) is 11.7. The normalized spacial score (nSPS) is 20.7. The molecule has 2 atom stereocenters. The number of anilines is 5. The van der Waals surface area contributed by atoms with Crippen LogP contribution in [0.2, 0.25) is 0 Å². The topological polar surface area (TPSA) is 120 Å². The van der Waals surface area contributed by atoms with E-state index in [1.54, 1.807) is 0 Å². The van der Waals surface area contributed by atoms with Crippen LogP contribution >= 0.6 is 0 Å². The average molecular weight is 440 g/mol. The summed E-state index contributed by atoms with van der Waals surface area (Å²) in [6, 6.07) is 8.63. The van der Waals surface area contributed by atoms with E-state index in [4.69, 9.17) is 21.4 Å². The molecule has 9 heteroatoms. The maximum Gasteiger partial charge on any atom is 0.227 e. The smallest absolute Gasteiger partial charge is 0.227 e. The Morgan fingerprint density at radius 3 is 2.47 bits per heavy atom. The van der Waals surface area contributed by atoms with Gasteiger partial charge in [0, 0.05) is 36.4 Å². The predicted octanol–water partition coefficient (Wildman–Crippen LogP) is 3.22. The molecule has 0 spiro atoms. The van der Waals surface area contributed by atoms with E-state index >= 15 is 0 Å². The molecule has 1 aromatic carbocycles. The third kappa shape index (κ3) is 4.54. The minimum atomic E-state index is 0.118. The van der Waals surface area contributed by atoms with Crippen LogP contribution < -0.4 is 37.7 Å². The summed E-state index contributed by atoms with van der Waals surface area (Å²) < 4.78 is 0. The van der Waals surface area contributed by atoms with E-state index < -0.39 is 0 Å². The Hall–Kier alpha value is -2.78. The highest BCUT2D eigenvalue weighted by atomic mass is 15.8. The maximum absolute atomic E-state index is 6.39. The molecule has 1 aliphatic heterocycles. The number of nitrogens with two attached hydrogens (primary N) is 2. The highest BCUT2D eigenvalue weighted by Gasteiger charge is 2.35. The van der Waals surface area contributed by atoms with Crippen molar-refractivity contribution < 1.29 is 0 Å². The first-order valence-electron chi connectivity index (χ1n) is 11.7. The molecular weight excluding hydrogens is 402 g/mol. The summed E-state index contributed by atoms with van der Waals surface area (Å²) in [5.41, 5.74) is 18.8. The number of hydrogen-bond donors (Lipinski definition) is 5. The van der Waals surface area contributed by atoms with Gasteiger partial charge in [0.1, 0.15) is 5.69 Å². The van der Waals surface area contributed by atoms with Crippen molar-refractivity contribution in [3.05, 3.63) is 29.8 Å². The first-order chi connectivity index (χ1) is 15.3. The molecule has 174 valence electrons. The summed E-state index contributed by atoms with van der Waals surface area (Å²) in [4.78, 5) is 9.84. The number of nitrogens with one attached hydrogen (secondary N) is 3. The number of fused-ring (bicyclic) bond motifs is 1.